The van der Waals surface area contributed by atoms with E-state index < -0.39 is 86.8 Å². The van der Waals surface area contributed by atoms with E-state index in [1.807, 2.05) is 6.08 Å². The van der Waals surface area contributed by atoms with Gasteiger partial charge in [-0.2, -0.15) is 0 Å². The van der Waals surface area contributed by atoms with Gasteiger partial charge in [0.05, 0.1) is 32.0 Å². The van der Waals surface area contributed by atoms with Crippen molar-refractivity contribution >= 4 is 5.91 Å². The number of rotatable bonds is 45. The summed E-state index contributed by atoms with van der Waals surface area (Å²) < 4.78 is 22.7. The van der Waals surface area contributed by atoms with E-state index in [-0.39, 0.29) is 18.9 Å². The Kier molecular flexibility index (Phi) is 42.0. The van der Waals surface area contributed by atoms with Crippen LogP contribution in [0.3, 0.4) is 0 Å². The SMILES string of the molecule is CC/C=C\C/C=C\C/C=C\C/C=C\CCCCCCCCCCCCCCCCCCC(=O)NC(COC1OC(CO)C(OC2OC(CO)C(O)C(O)C2O)C(O)C1O)C(O)/C=C/CC/C=C/CC/C=C/CCCC. The maximum absolute atomic E-state index is 13.2. The topological polar surface area (TPSA) is 228 Å². The van der Waals surface area contributed by atoms with Gasteiger partial charge in [0.1, 0.15) is 48.8 Å². The van der Waals surface area contributed by atoms with Crippen LogP contribution < -0.4 is 5.32 Å². The van der Waals surface area contributed by atoms with Gasteiger partial charge in [0.2, 0.25) is 5.91 Å². The highest BCUT2D eigenvalue weighted by Crippen LogP contribution is 2.30. The first kappa shape index (κ1) is 68.3. The minimum Gasteiger partial charge on any atom is -0.394 e. The van der Waals surface area contributed by atoms with E-state index in [9.17, 15) is 45.6 Å². The van der Waals surface area contributed by atoms with E-state index in [0.717, 1.165) is 70.6 Å². The molecule has 9 N–H and O–H groups in total. The summed E-state index contributed by atoms with van der Waals surface area (Å²) in [6.07, 6.45) is 45.0. The van der Waals surface area contributed by atoms with Crippen molar-refractivity contribution in [2.75, 3.05) is 19.8 Å². The van der Waals surface area contributed by atoms with E-state index >= 15 is 0 Å². The highest BCUT2D eigenvalue weighted by Gasteiger charge is 2.51. The number of unbranched alkanes of at least 4 members (excludes halogenated alkanes) is 20. The van der Waals surface area contributed by atoms with Gasteiger partial charge in [0.25, 0.3) is 0 Å². The summed E-state index contributed by atoms with van der Waals surface area (Å²) in [5.74, 6) is -0.258. The zero-order valence-corrected chi connectivity index (χ0v) is 46.3. The van der Waals surface area contributed by atoms with Crippen LogP contribution in [0.4, 0.5) is 0 Å². The molecule has 14 nitrogen and oxygen atoms in total. The van der Waals surface area contributed by atoms with Crippen LogP contribution in [0.25, 0.3) is 0 Å². The second kappa shape index (κ2) is 46.1. The predicted octanol–water partition coefficient (Wildman–Crippen LogP) is 9.72. The molecule has 0 radical (unpaired) electrons. The fourth-order valence-electron chi connectivity index (χ4n) is 9.06. The first-order chi connectivity index (χ1) is 36.6. The third-order valence-electron chi connectivity index (χ3n) is 13.8. The van der Waals surface area contributed by atoms with Crippen LogP contribution in [0, 0.1) is 0 Å². The lowest BCUT2D eigenvalue weighted by atomic mass is 9.97. The summed E-state index contributed by atoms with van der Waals surface area (Å²) in [6, 6.07) is -0.940. The van der Waals surface area contributed by atoms with Crippen LogP contribution in [-0.2, 0) is 23.7 Å². The fraction of sp³-hybridized carbons (Fsp3) is 0.754. The van der Waals surface area contributed by atoms with Crippen LogP contribution >= 0.6 is 0 Å². The van der Waals surface area contributed by atoms with Gasteiger partial charge in [0.15, 0.2) is 12.6 Å². The normalized spacial score (nSPS) is 25.7. The molecule has 0 aromatic heterocycles. The third-order valence-corrected chi connectivity index (χ3v) is 13.8. The number of aliphatic hydroxyl groups is 8. The highest BCUT2D eigenvalue weighted by atomic mass is 16.7. The van der Waals surface area contributed by atoms with Crippen LogP contribution in [0.15, 0.2) is 85.1 Å². The first-order valence-corrected chi connectivity index (χ1v) is 29.3. The number of carbonyl (C=O) groups excluding carboxylic acids is 1. The summed E-state index contributed by atoms with van der Waals surface area (Å²) in [5, 5.41) is 86.9. The van der Waals surface area contributed by atoms with Gasteiger partial charge in [-0.1, -0.05) is 202 Å². The Bertz CT molecular complexity index is 1580. The fourth-order valence-corrected chi connectivity index (χ4v) is 9.06. The summed E-state index contributed by atoms with van der Waals surface area (Å²) >= 11 is 0. The highest BCUT2D eigenvalue weighted by molar-refractivity contribution is 5.76. The van der Waals surface area contributed by atoms with E-state index in [0.29, 0.717) is 12.8 Å². The monoisotopic (exact) mass is 1060 g/mol. The van der Waals surface area contributed by atoms with Crippen LogP contribution in [0.1, 0.15) is 200 Å². The number of allylic oxidation sites excluding steroid dienone is 13. The molecule has 2 aliphatic rings. The number of amides is 1. The average molecular weight is 1060 g/mol. The molecule has 2 aliphatic heterocycles. The van der Waals surface area contributed by atoms with Crippen molar-refractivity contribution < 1.29 is 64.6 Å². The number of hydrogen-bond acceptors (Lipinski definition) is 13. The van der Waals surface area contributed by atoms with Crippen molar-refractivity contribution in [1.29, 1.82) is 0 Å². The molecule has 2 heterocycles. The molecule has 75 heavy (non-hydrogen) atoms. The van der Waals surface area contributed by atoms with Crippen molar-refractivity contribution in [2.24, 2.45) is 0 Å². The molecule has 0 saturated carbocycles. The second-order valence-corrected chi connectivity index (χ2v) is 20.4. The summed E-state index contributed by atoms with van der Waals surface area (Å²) in [4.78, 5) is 13.2. The van der Waals surface area contributed by atoms with E-state index in [1.54, 1.807) is 6.08 Å². The quantitative estimate of drug-likeness (QED) is 0.0205. The molecule has 0 aliphatic carbocycles. The number of ether oxygens (including phenoxy) is 4. The Morgan fingerprint density at radius 2 is 0.933 bits per heavy atom. The molecule has 12 unspecified atom stereocenters. The molecular weight excluding hydrogens is 955 g/mol. The zero-order valence-electron chi connectivity index (χ0n) is 46.3. The maximum Gasteiger partial charge on any atom is 0.220 e. The minimum atomic E-state index is -1.79. The summed E-state index contributed by atoms with van der Waals surface area (Å²) in [6.45, 7) is 2.59. The van der Waals surface area contributed by atoms with Crippen molar-refractivity contribution in [3.05, 3.63) is 85.1 Å². The first-order valence-electron chi connectivity index (χ1n) is 29.3. The molecule has 0 bridgehead atoms. The molecule has 14 heteroatoms. The van der Waals surface area contributed by atoms with Gasteiger partial charge in [-0.15, -0.1) is 0 Å². The molecular formula is C61H105NO13. The zero-order chi connectivity index (χ0) is 54.6. The van der Waals surface area contributed by atoms with Gasteiger partial charge >= 0.3 is 0 Å². The van der Waals surface area contributed by atoms with Crippen molar-refractivity contribution in [3.8, 4) is 0 Å². The number of carbonyl (C=O) groups is 1. The molecule has 2 fully saturated rings. The van der Waals surface area contributed by atoms with Crippen LogP contribution in [0.5, 0.6) is 0 Å². The number of nitrogens with one attached hydrogen (secondary N) is 1. The van der Waals surface area contributed by atoms with Gasteiger partial charge in [-0.3, -0.25) is 4.79 Å². The Balaban J connectivity index is 1.69. The summed E-state index contributed by atoms with van der Waals surface area (Å²) in [5.41, 5.74) is 0. The van der Waals surface area contributed by atoms with Gasteiger partial charge < -0.3 is 65.1 Å². The smallest absolute Gasteiger partial charge is 0.220 e. The number of aliphatic hydroxyl groups excluding tert-OH is 8. The molecule has 1 amide bonds. The summed E-state index contributed by atoms with van der Waals surface area (Å²) in [7, 11) is 0. The second-order valence-electron chi connectivity index (χ2n) is 20.4. The molecule has 0 aromatic rings. The third kappa shape index (κ3) is 32.0. The van der Waals surface area contributed by atoms with Crippen molar-refractivity contribution in [1.82, 2.24) is 5.32 Å². The largest absolute Gasteiger partial charge is 0.394 e. The molecule has 0 spiro atoms. The van der Waals surface area contributed by atoms with E-state index in [2.05, 4.69) is 92.1 Å². The average Bonchev–Trinajstić information content (AvgIpc) is 3.41. The Hall–Kier alpha value is -2.83. The molecule has 2 saturated heterocycles. The van der Waals surface area contributed by atoms with Gasteiger partial charge in [-0.05, 0) is 77.0 Å². The number of hydrogen-bond donors (Lipinski definition) is 9. The van der Waals surface area contributed by atoms with Crippen molar-refractivity contribution in [2.45, 2.75) is 274 Å². The van der Waals surface area contributed by atoms with Gasteiger partial charge in [-0.25, -0.2) is 0 Å². The molecule has 2 rings (SSSR count). The minimum absolute atomic E-state index is 0.258. The maximum atomic E-state index is 13.2. The van der Waals surface area contributed by atoms with Crippen LogP contribution in [-0.4, -0.2) is 140 Å². The van der Waals surface area contributed by atoms with Crippen molar-refractivity contribution in [3.63, 3.8) is 0 Å². The lowest BCUT2D eigenvalue weighted by molar-refractivity contribution is -0.359. The lowest BCUT2D eigenvalue weighted by Crippen LogP contribution is -2.65. The molecule has 12 atom stereocenters. The molecule has 0 aromatic carbocycles. The Labute approximate surface area is 452 Å². The van der Waals surface area contributed by atoms with Gasteiger partial charge in [0, 0.05) is 6.42 Å². The lowest BCUT2D eigenvalue weighted by Gasteiger charge is -2.46. The Morgan fingerprint density at radius 1 is 0.493 bits per heavy atom. The standard InChI is InChI=1S/C61H105NO13/c1-3-5-7-9-11-13-15-17-18-19-20-21-22-23-24-25-26-27-28-29-30-31-32-33-35-37-39-41-43-45-53(66)62-49(50(65)44-42-40-38-36-34-16-14-12-10-8-6-4-2)48-72-60-58(71)56(69)59(52(47-64)74-60)75-61-57(70)55(68)54(67)51(46-63)73-61/h5,7,10-13,17-18,20-21,34,36,42,44,49-52,54-61,63-65,67-71H,3-4,6,8-9,14-16,19,22-33,35,37-41,43,45-48H2,1-2H3,(H,62,66)/b7-5-,12-10+,13-11-,18-17-,21-20-,36-34+,44-42+. The predicted molar refractivity (Wildman–Crippen MR) is 300 cm³/mol. The van der Waals surface area contributed by atoms with E-state index in [1.165, 1.54) is 96.3 Å². The van der Waals surface area contributed by atoms with Crippen LogP contribution in [0.2, 0.25) is 0 Å². The van der Waals surface area contributed by atoms with E-state index in [4.69, 9.17) is 18.9 Å². The molecule has 432 valence electrons. The Morgan fingerprint density at radius 3 is 1.47 bits per heavy atom.